The number of nitrogens with zero attached hydrogens (tertiary/aromatic N) is 3. The van der Waals surface area contributed by atoms with E-state index < -0.39 is 5.41 Å². The molecule has 154 valence electrons. The van der Waals surface area contributed by atoms with E-state index in [1.54, 1.807) is 6.20 Å². The van der Waals surface area contributed by atoms with Crippen LogP contribution in [0.5, 0.6) is 0 Å². The molecule has 1 aromatic carbocycles. The van der Waals surface area contributed by atoms with Gasteiger partial charge in [-0.05, 0) is 49.4 Å². The van der Waals surface area contributed by atoms with E-state index in [0.29, 0.717) is 45.4 Å². The number of rotatable bonds is 7. The lowest BCUT2D eigenvalue weighted by Crippen LogP contribution is -2.47. The van der Waals surface area contributed by atoms with Crippen molar-refractivity contribution in [1.82, 2.24) is 14.8 Å². The van der Waals surface area contributed by atoms with E-state index in [1.807, 2.05) is 55.0 Å². The van der Waals surface area contributed by atoms with Gasteiger partial charge in [0.25, 0.3) is 0 Å². The number of aromatic nitrogens is 1. The van der Waals surface area contributed by atoms with Crippen LogP contribution in [0.3, 0.4) is 0 Å². The smallest absolute Gasteiger partial charge is 0.230 e. The van der Waals surface area contributed by atoms with E-state index in [9.17, 15) is 9.59 Å². The Hall–Kier alpha value is -2.69. The number of carbonyl (C=O) groups is 2. The third kappa shape index (κ3) is 4.50. The van der Waals surface area contributed by atoms with Crippen molar-refractivity contribution in [2.24, 2.45) is 5.41 Å². The first-order valence-corrected chi connectivity index (χ1v) is 10.6. The van der Waals surface area contributed by atoms with Gasteiger partial charge in [0.1, 0.15) is 0 Å². The minimum Gasteiger partial charge on any atom is -0.343 e. The molecule has 2 heterocycles. The molecule has 1 aromatic heterocycles. The summed E-state index contributed by atoms with van der Waals surface area (Å²) in [6.45, 7) is 8.45. The molecule has 0 bridgehead atoms. The van der Waals surface area contributed by atoms with Crippen LogP contribution in [-0.2, 0) is 16.0 Å². The highest BCUT2D eigenvalue weighted by molar-refractivity contribution is 5.86. The maximum atomic E-state index is 13.5. The Kier molecular flexibility index (Phi) is 6.68. The van der Waals surface area contributed by atoms with Crippen molar-refractivity contribution in [3.63, 3.8) is 0 Å². The molecule has 1 fully saturated rings. The fourth-order valence-corrected chi connectivity index (χ4v) is 4.33. The van der Waals surface area contributed by atoms with E-state index in [2.05, 4.69) is 23.2 Å². The van der Waals surface area contributed by atoms with E-state index in [-0.39, 0.29) is 11.8 Å². The van der Waals surface area contributed by atoms with Crippen molar-refractivity contribution in [2.75, 3.05) is 26.2 Å². The number of benzene rings is 1. The lowest BCUT2D eigenvalue weighted by atomic mass is 9.79. The molecule has 2 aromatic rings. The highest BCUT2D eigenvalue weighted by Crippen LogP contribution is 2.37. The van der Waals surface area contributed by atoms with Gasteiger partial charge in [0, 0.05) is 45.0 Å². The normalized spacial score (nSPS) is 18.7. The molecule has 1 aliphatic heterocycles. The van der Waals surface area contributed by atoms with Crippen LogP contribution in [-0.4, -0.2) is 52.8 Å². The number of likely N-dealkylation sites (tertiary alicyclic amines) is 1. The summed E-state index contributed by atoms with van der Waals surface area (Å²) in [6, 6.07) is 12.3. The maximum absolute atomic E-state index is 13.5. The Morgan fingerprint density at radius 3 is 2.52 bits per heavy atom. The van der Waals surface area contributed by atoms with Gasteiger partial charge in [-0.1, -0.05) is 37.3 Å². The summed E-state index contributed by atoms with van der Waals surface area (Å²) >= 11 is 0. The molecular formula is C24H31N3O2. The summed E-state index contributed by atoms with van der Waals surface area (Å²) in [5, 5.41) is 0. The van der Waals surface area contributed by atoms with Crippen LogP contribution in [0.1, 0.15) is 39.2 Å². The summed E-state index contributed by atoms with van der Waals surface area (Å²) in [7, 11) is 0. The molecule has 5 heteroatoms. The largest absolute Gasteiger partial charge is 0.343 e. The average molecular weight is 394 g/mol. The predicted molar refractivity (Wildman–Crippen MR) is 115 cm³/mol. The van der Waals surface area contributed by atoms with Gasteiger partial charge in [-0.25, -0.2) is 0 Å². The maximum Gasteiger partial charge on any atom is 0.230 e. The molecule has 0 spiro atoms. The van der Waals surface area contributed by atoms with Gasteiger partial charge in [0.15, 0.2) is 0 Å². The minimum absolute atomic E-state index is 0.128. The average Bonchev–Trinajstić information content (AvgIpc) is 3.20. The summed E-state index contributed by atoms with van der Waals surface area (Å²) < 4.78 is 0. The number of hydrogen-bond donors (Lipinski definition) is 0. The fraction of sp³-hybridized carbons (Fsp3) is 0.458. The number of amides is 2. The fourth-order valence-electron chi connectivity index (χ4n) is 4.33. The van der Waals surface area contributed by atoms with Crippen molar-refractivity contribution in [3.05, 3.63) is 54.4 Å². The van der Waals surface area contributed by atoms with Gasteiger partial charge in [-0.15, -0.1) is 0 Å². The first-order valence-electron chi connectivity index (χ1n) is 10.6. The zero-order valence-corrected chi connectivity index (χ0v) is 17.7. The van der Waals surface area contributed by atoms with E-state index in [0.717, 1.165) is 16.7 Å². The molecule has 0 aliphatic carbocycles. The van der Waals surface area contributed by atoms with Crippen LogP contribution in [0.25, 0.3) is 11.1 Å². The van der Waals surface area contributed by atoms with Gasteiger partial charge in [0.05, 0.1) is 5.41 Å². The van der Waals surface area contributed by atoms with Crippen LogP contribution in [0, 0.1) is 5.41 Å². The highest BCUT2D eigenvalue weighted by Gasteiger charge is 2.47. The van der Waals surface area contributed by atoms with Crippen molar-refractivity contribution in [3.8, 4) is 11.1 Å². The Labute approximate surface area is 173 Å². The van der Waals surface area contributed by atoms with Crippen molar-refractivity contribution >= 4 is 11.8 Å². The first kappa shape index (κ1) is 21.0. The van der Waals surface area contributed by atoms with Crippen molar-refractivity contribution in [1.29, 1.82) is 0 Å². The van der Waals surface area contributed by atoms with Crippen LogP contribution in [0.4, 0.5) is 0 Å². The molecule has 1 aliphatic rings. The van der Waals surface area contributed by atoms with Crippen LogP contribution < -0.4 is 0 Å². The molecular weight excluding hydrogens is 362 g/mol. The molecule has 0 radical (unpaired) electrons. The second-order valence-corrected chi connectivity index (χ2v) is 7.80. The van der Waals surface area contributed by atoms with Crippen LogP contribution >= 0.6 is 0 Å². The van der Waals surface area contributed by atoms with Gasteiger partial charge < -0.3 is 9.80 Å². The summed E-state index contributed by atoms with van der Waals surface area (Å²) in [4.78, 5) is 33.8. The Morgan fingerprint density at radius 2 is 1.86 bits per heavy atom. The van der Waals surface area contributed by atoms with E-state index >= 15 is 0 Å². The van der Waals surface area contributed by atoms with Crippen molar-refractivity contribution in [2.45, 2.75) is 40.0 Å². The van der Waals surface area contributed by atoms with Crippen LogP contribution in [0.2, 0.25) is 0 Å². The Balaban J connectivity index is 1.92. The van der Waals surface area contributed by atoms with Crippen molar-refractivity contribution < 1.29 is 9.59 Å². The molecule has 0 saturated carbocycles. The molecule has 2 amide bonds. The monoisotopic (exact) mass is 393 g/mol. The topological polar surface area (TPSA) is 53.5 Å². The number of carbonyl (C=O) groups excluding carboxylic acids is 2. The molecule has 1 unspecified atom stereocenters. The van der Waals surface area contributed by atoms with Gasteiger partial charge in [-0.3, -0.25) is 14.6 Å². The lowest BCUT2D eigenvalue weighted by Gasteiger charge is -2.34. The van der Waals surface area contributed by atoms with E-state index in [1.165, 1.54) is 0 Å². The second kappa shape index (κ2) is 9.21. The minimum atomic E-state index is -0.551. The highest BCUT2D eigenvalue weighted by atomic mass is 16.2. The Morgan fingerprint density at radius 1 is 1.10 bits per heavy atom. The second-order valence-electron chi connectivity index (χ2n) is 7.80. The molecule has 3 rings (SSSR count). The molecule has 1 saturated heterocycles. The number of pyridine rings is 1. The zero-order valence-electron chi connectivity index (χ0n) is 17.7. The van der Waals surface area contributed by atoms with Gasteiger partial charge in [0.2, 0.25) is 11.8 Å². The zero-order chi connectivity index (χ0) is 20.9. The summed E-state index contributed by atoms with van der Waals surface area (Å²) in [5.74, 6) is 0.295. The lowest BCUT2D eigenvalue weighted by molar-refractivity contribution is -0.141. The third-order valence-corrected chi connectivity index (χ3v) is 5.98. The third-order valence-electron chi connectivity index (χ3n) is 5.98. The quantitative estimate of drug-likeness (QED) is 0.719. The van der Waals surface area contributed by atoms with Crippen LogP contribution in [0.15, 0.2) is 48.8 Å². The van der Waals surface area contributed by atoms with Gasteiger partial charge >= 0.3 is 0 Å². The summed E-state index contributed by atoms with van der Waals surface area (Å²) in [6.07, 6.45) is 5.46. The first-order chi connectivity index (χ1) is 14.0. The SMILES string of the molecule is CCC(=O)N1CCC(Cc2cccc(-c3cccnc3)c2)(C(=O)N(CC)CC)C1. The summed E-state index contributed by atoms with van der Waals surface area (Å²) in [5.41, 5.74) is 2.73. The molecule has 0 N–H and O–H groups in total. The number of hydrogen-bond acceptors (Lipinski definition) is 3. The van der Waals surface area contributed by atoms with Gasteiger partial charge in [-0.2, -0.15) is 0 Å². The molecule has 5 nitrogen and oxygen atoms in total. The molecule has 29 heavy (non-hydrogen) atoms. The van der Waals surface area contributed by atoms with E-state index in [4.69, 9.17) is 0 Å². The molecule has 1 atom stereocenters. The standard InChI is InChI=1S/C24H31N3O2/c1-4-22(28)27-14-12-24(18-27,23(29)26(5-2)6-3)16-19-9-7-10-20(15-19)21-11-8-13-25-17-21/h7-11,13,15,17H,4-6,12,14,16,18H2,1-3H3. The Bertz CT molecular complexity index is 848. The predicted octanol–water partition coefficient (Wildman–Crippen LogP) is 3.79.